The third-order valence-corrected chi connectivity index (χ3v) is 4.28. The van der Waals surface area contributed by atoms with Gasteiger partial charge in [-0.1, -0.05) is 12.2 Å². The van der Waals surface area contributed by atoms with Gasteiger partial charge in [-0.2, -0.15) is 0 Å². The van der Waals surface area contributed by atoms with Crippen LogP contribution in [0, 0.1) is 11.8 Å². The lowest BCUT2D eigenvalue weighted by atomic mass is 9.85. The van der Waals surface area contributed by atoms with E-state index in [-0.39, 0.29) is 35.9 Å². The molecule has 17 heavy (non-hydrogen) atoms. The van der Waals surface area contributed by atoms with E-state index in [4.69, 9.17) is 4.74 Å². The van der Waals surface area contributed by atoms with E-state index in [9.17, 15) is 9.59 Å². The Morgan fingerprint density at radius 1 is 1.18 bits per heavy atom. The van der Waals surface area contributed by atoms with Gasteiger partial charge in [0.2, 0.25) is 11.8 Å². The first-order chi connectivity index (χ1) is 8.27. The van der Waals surface area contributed by atoms with E-state index in [1.165, 1.54) is 16.2 Å². The maximum Gasteiger partial charge on any atom is 0.242 e. The van der Waals surface area contributed by atoms with Crippen molar-refractivity contribution in [3.05, 3.63) is 23.7 Å². The van der Waals surface area contributed by atoms with Crippen LogP contribution in [-0.4, -0.2) is 29.0 Å². The van der Waals surface area contributed by atoms with Crippen molar-refractivity contribution in [1.29, 1.82) is 0 Å². The molecule has 1 aromatic rings. The lowest BCUT2D eigenvalue weighted by molar-refractivity contribution is -0.124. The number of hydrogen-bond acceptors (Lipinski definition) is 5. The molecule has 1 aromatic heterocycles. The fraction of sp³-hybridized carbons (Fsp3) is 0.364. The lowest BCUT2D eigenvalue weighted by Gasteiger charge is -2.13. The molecule has 86 valence electrons. The van der Waals surface area contributed by atoms with Gasteiger partial charge in [0.25, 0.3) is 0 Å². The fourth-order valence-corrected chi connectivity index (χ4v) is 3.47. The van der Waals surface area contributed by atoms with Crippen LogP contribution in [0.4, 0.5) is 5.13 Å². The van der Waals surface area contributed by atoms with Crippen LogP contribution in [0.3, 0.4) is 0 Å². The van der Waals surface area contributed by atoms with Gasteiger partial charge in [0.1, 0.15) is 0 Å². The Bertz CT molecular complexity index is 509. The van der Waals surface area contributed by atoms with Gasteiger partial charge < -0.3 is 4.74 Å². The van der Waals surface area contributed by atoms with Crippen LogP contribution in [0.15, 0.2) is 23.7 Å². The molecule has 5 nitrogen and oxygen atoms in total. The molecule has 0 N–H and O–H groups in total. The number of carbonyl (C=O) groups excluding carboxylic acids is 2. The van der Waals surface area contributed by atoms with E-state index in [2.05, 4.69) is 4.98 Å². The minimum Gasteiger partial charge on any atom is -0.365 e. The van der Waals surface area contributed by atoms with Crippen molar-refractivity contribution in [3.63, 3.8) is 0 Å². The summed E-state index contributed by atoms with van der Waals surface area (Å²) >= 11 is 1.30. The predicted molar refractivity (Wildman–Crippen MR) is 59.4 cm³/mol. The van der Waals surface area contributed by atoms with Crippen LogP contribution in [0.25, 0.3) is 0 Å². The maximum absolute atomic E-state index is 12.2. The second kappa shape index (κ2) is 3.02. The minimum absolute atomic E-state index is 0.174. The highest BCUT2D eigenvalue weighted by atomic mass is 32.1. The molecule has 4 heterocycles. The quantitative estimate of drug-likeness (QED) is 0.539. The molecule has 2 saturated heterocycles. The van der Waals surface area contributed by atoms with Gasteiger partial charge in [-0.3, -0.25) is 9.59 Å². The highest BCUT2D eigenvalue weighted by Gasteiger charge is 2.61. The second-order valence-electron chi connectivity index (χ2n) is 4.33. The topological polar surface area (TPSA) is 59.5 Å². The van der Waals surface area contributed by atoms with Crippen LogP contribution >= 0.6 is 11.3 Å². The first-order valence-electron chi connectivity index (χ1n) is 5.38. The Kier molecular flexibility index (Phi) is 1.69. The molecule has 4 unspecified atom stereocenters. The second-order valence-corrected chi connectivity index (χ2v) is 5.20. The number of aromatic nitrogens is 1. The van der Waals surface area contributed by atoms with Gasteiger partial charge in [-0.05, 0) is 0 Å². The molecule has 3 aliphatic heterocycles. The average molecular weight is 248 g/mol. The van der Waals surface area contributed by atoms with Crippen molar-refractivity contribution < 1.29 is 14.3 Å². The highest BCUT2D eigenvalue weighted by molar-refractivity contribution is 7.14. The minimum atomic E-state index is -0.346. The molecular formula is C11H8N2O3S. The smallest absolute Gasteiger partial charge is 0.242 e. The van der Waals surface area contributed by atoms with Gasteiger partial charge in [-0.25, -0.2) is 9.88 Å². The van der Waals surface area contributed by atoms with E-state index in [0.717, 1.165) is 0 Å². The van der Waals surface area contributed by atoms with Crippen LogP contribution < -0.4 is 4.90 Å². The number of amides is 2. The molecular weight excluding hydrogens is 240 g/mol. The molecule has 0 aromatic carbocycles. The molecule has 0 radical (unpaired) electrons. The van der Waals surface area contributed by atoms with Gasteiger partial charge in [0.05, 0.1) is 24.0 Å². The Hall–Kier alpha value is -1.53. The zero-order valence-electron chi connectivity index (χ0n) is 8.65. The van der Waals surface area contributed by atoms with E-state index < -0.39 is 0 Å². The molecule has 2 fully saturated rings. The number of rotatable bonds is 1. The largest absolute Gasteiger partial charge is 0.365 e. The number of thiazole rings is 1. The molecule has 2 bridgehead atoms. The number of nitrogens with zero attached hydrogens (tertiary/aromatic N) is 2. The fourth-order valence-electron chi connectivity index (χ4n) is 2.82. The molecule has 4 rings (SSSR count). The van der Waals surface area contributed by atoms with E-state index in [0.29, 0.717) is 5.13 Å². The lowest BCUT2D eigenvalue weighted by Crippen LogP contribution is -2.34. The summed E-state index contributed by atoms with van der Waals surface area (Å²) in [6, 6.07) is 0. The summed E-state index contributed by atoms with van der Waals surface area (Å²) in [7, 11) is 0. The standard InChI is InChI=1S/C11H8N2O3S/c14-9-7-5-1-2-6(16-5)8(7)10(15)13(9)11-12-3-4-17-11/h1-8H. The zero-order valence-corrected chi connectivity index (χ0v) is 9.46. The van der Waals surface area contributed by atoms with Crippen LogP contribution in [-0.2, 0) is 14.3 Å². The summed E-state index contributed by atoms with van der Waals surface area (Å²) < 4.78 is 5.55. The number of fused-ring (bicyclic) bond motifs is 5. The average Bonchev–Trinajstić information content (AvgIpc) is 3.03. The normalized spacial score (nSPS) is 38.2. The third-order valence-electron chi connectivity index (χ3n) is 3.52. The Morgan fingerprint density at radius 3 is 2.35 bits per heavy atom. The summed E-state index contributed by atoms with van der Waals surface area (Å²) in [6.07, 6.45) is 4.89. The van der Waals surface area contributed by atoms with Crippen LogP contribution in [0.2, 0.25) is 0 Å². The van der Waals surface area contributed by atoms with Crippen LogP contribution in [0.1, 0.15) is 0 Å². The number of carbonyl (C=O) groups is 2. The van der Waals surface area contributed by atoms with Crippen molar-refractivity contribution in [2.75, 3.05) is 4.90 Å². The van der Waals surface area contributed by atoms with Crippen molar-refractivity contribution in [3.8, 4) is 0 Å². The summed E-state index contributed by atoms with van der Waals surface area (Å²) in [5.41, 5.74) is 0. The Labute approximate surface area is 101 Å². The van der Waals surface area contributed by atoms with Gasteiger partial charge >= 0.3 is 0 Å². The number of ether oxygens (including phenoxy) is 1. The van der Waals surface area contributed by atoms with E-state index in [1.807, 2.05) is 12.2 Å². The van der Waals surface area contributed by atoms with Gasteiger partial charge in [-0.15, -0.1) is 11.3 Å². The molecule has 0 saturated carbocycles. The van der Waals surface area contributed by atoms with Gasteiger partial charge in [0.15, 0.2) is 5.13 Å². The highest BCUT2D eigenvalue weighted by Crippen LogP contribution is 2.46. The number of imide groups is 1. The van der Waals surface area contributed by atoms with Crippen LogP contribution in [0.5, 0.6) is 0 Å². The summed E-state index contributed by atoms with van der Waals surface area (Å²) in [6.45, 7) is 0. The van der Waals surface area contributed by atoms with Crippen molar-refractivity contribution in [2.24, 2.45) is 11.8 Å². The molecule has 0 aliphatic carbocycles. The predicted octanol–water partition coefficient (Wildman–Crippen LogP) is 0.586. The Balaban J connectivity index is 1.79. The molecule has 4 atom stereocenters. The number of anilines is 1. The maximum atomic E-state index is 12.2. The summed E-state index contributed by atoms with van der Waals surface area (Å²) in [5, 5.41) is 2.22. The molecule has 0 spiro atoms. The monoisotopic (exact) mass is 248 g/mol. The van der Waals surface area contributed by atoms with Crippen molar-refractivity contribution in [2.45, 2.75) is 12.2 Å². The first-order valence-corrected chi connectivity index (χ1v) is 6.26. The van der Waals surface area contributed by atoms with E-state index >= 15 is 0 Å². The third kappa shape index (κ3) is 1.04. The first kappa shape index (κ1) is 9.49. The molecule has 6 heteroatoms. The van der Waals surface area contributed by atoms with Gasteiger partial charge in [0, 0.05) is 11.6 Å². The van der Waals surface area contributed by atoms with E-state index in [1.54, 1.807) is 11.6 Å². The number of hydrogen-bond donors (Lipinski definition) is 0. The summed E-state index contributed by atoms with van der Waals surface area (Å²) in [4.78, 5) is 29.7. The Morgan fingerprint density at radius 2 is 1.82 bits per heavy atom. The van der Waals surface area contributed by atoms with Crippen molar-refractivity contribution in [1.82, 2.24) is 4.98 Å². The SMILES string of the molecule is O=C1C2C3C=CC(O3)C2C(=O)N1c1nccs1. The zero-order chi connectivity index (χ0) is 11.6. The summed E-state index contributed by atoms with van der Waals surface area (Å²) in [5.74, 6) is -1.04. The molecule has 3 aliphatic rings. The molecule has 2 amide bonds. The van der Waals surface area contributed by atoms with Crippen molar-refractivity contribution >= 4 is 28.3 Å².